The summed E-state index contributed by atoms with van der Waals surface area (Å²) in [4.78, 5) is 14.2. The maximum atomic E-state index is 10.4. The third-order valence-corrected chi connectivity index (χ3v) is 4.45. The number of rotatable bonds is 5. The van der Waals surface area contributed by atoms with Gasteiger partial charge in [-0.2, -0.15) is 0 Å². The summed E-state index contributed by atoms with van der Waals surface area (Å²) in [5.41, 5.74) is 0. The molecular weight excluding hydrogens is 240 g/mol. The molecule has 0 aliphatic rings. The van der Waals surface area contributed by atoms with Gasteiger partial charge in [0, 0.05) is 21.1 Å². The van der Waals surface area contributed by atoms with E-state index in [0.717, 1.165) is 12.8 Å². The number of thiophene rings is 2. The highest BCUT2D eigenvalue weighted by Crippen LogP contribution is 2.31. The van der Waals surface area contributed by atoms with Gasteiger partial charge in [-0.05, 0) is 36.4 Å². The Morgan fingerprint density at radius 1 is 1.25 bits per heavy atom. The quantitative estimate of drug-likeness (QED) is 0.876. The predicted molar refractivity (Wildman–Crippen MR) is 68.2 cm³/mol. The van der Waals surface area contributed by atoms with Gasteiger partial charge in [-0.1, -0.05) is 6.07 Å². The van der Waals surface area contributed by atoms with Crippen LogP contribution in [0.25, 0.3) is 9.75 Å². The minimum Gasteiger partial charge on any atom is -0.481 e. The van der Waals surface area contributed by atoms with Crippen molar-refractivity contribution in [3.05, 3.63) is 34.5 Å². The fraction of sp³-hybridized carbons (Fsp3) is 0.250. The van der Waals surface area contributed by atoms with E-state index in [1.807, 2.05) is 6.07 Å². The summed E-state index contributed by atoms with van der Waals surface area (Å²) in [6.07, 6.45) is 1.84. The Hall–Kier alpha value is -1.13. The normalized spacial score (nSPS) is 10.5. The molecule has 2 heterocycles. The molecule has 0 aromatic carbocycles. The first-order valence-electron chi connectivity index (χ1n) is 5.10. The van der Waals surface area contributed by atoms with Crippen molar-refractivity contribution in [3.8, 4) is 9.75 Å². The number of hydrogen-bond acceptors (Lipinski definition) is 3. The van der Waals surface area contributed by atoms with Crippen molar-refractivity contribution in [1.82, 2.24) is 0 Å². The van der Waals surface area contributed by atoms with Crippen LogP contribution in [0.2, 0.25) is 0 Å². The fourth-order valence-corrected chi connectivity index (χ4v) is 3.36. The highest BCUT2D eigenvalue weighted by molar-refractivity contribution is 7.21. The lowest BCUT2D eigenvalue weighted by Crippen LogP contribution is -1.94. The zero-order valence-corrected chi connectivity index (χ0v) is 10.3. The first kappa shape index (κ1) is 11.4. The minimum absolute atomic E-state index is 0.256. The van der Waals surface area contributed by atoms with Gasteiger partial charge in [0.2, 0.25) is 0 Å². The van der Waals surface area contributed by atoms with Gasteiger partial charge < -0.3 is 5.11 Å². The van der Waals surface area contributed by atoms with E-state index < -0.39 is 5.97 Å². The molecule has 0 fully saturated rings. The molecule has 0 saturated heterocycles. The SMILES string of the molecule is O=C(O)CCCc1ccc(-c2cccs2)s1. The Balaban J connectivity index is 1.95. The molecule has 16 heavy (non-hydrogen) atoms. The van der Waals surface area contributed by atoms with Gasteiger partial charge >= 0.3 is 5.97 Å². The lowest BCUT2D eigenvalue weighted by atomic mass is 10.2. The van der Waals surface area contributed by atoms with Gasteiger partial charge in [0.15, 0.2) is 0 Å². The van der Waals surface area contributed by atoms with Crippen LogP contribution < -0.4 is 0 Å². The summed E-state index contributed by atoms with van der Waals surface area (Å²) in [5, 5.41) is 10.6. The van der Waals surface area contributed by atoms with E-state index in [1.165, 1.54) is 14.6 Å². The topological polar surface area (TPSA) is 37.3 Å². The fourth-order valence-electron chi connectivity index (χ4n) is 1.48. The maximum absolute atomic E-state index is 10.4. The van der Waals surface area contributed by atoms with E-state index in [2.05, 4.69) is 23.6 Å². The molecule has 0 radical (unpaired) electrons. The van der Waals surface area contributed by atoms with E-state index in [1.54, 1.807) is 22.7 Å². The molecule has 0 aliphatic carbocycles. The van der Waals surface area contributed by atoms with Crippen molar-refractivity contribution < 1.29 is 9.90 Å². The van der Waals surface area contributed by atoms with Crippen molar-refractivity contribution in [2.75, 3.05) is 0 Å². The van der Waals surface area contributed by atoms with E-state index in [0.29, 0.717) is 0 Å². The Labute approximate surface area is 102 Å². The molecular formula is C12H12O2S2. The molecule has 2 nitrogen and oxygen atoms in total. The van der Waals surface area contributed by atoms with E-state index in [4.69, 9.17) is 5.11 Å². The Kier molecular flexibility index (Phi) is 3.74. The molecule has 0 spiro atoms. The average Bonchev–Trinajstić information content (AvgIpc) is 2.85. The largest absolute Gasteiger partial charge is 0.481 e. The first-order valence-corrected chi connectivity index (χ1v) is 6.80. The number of carbonyl (C=O) groups is 1. The number of carboxylic acids is 1. The molecule has 84 valence electrons. The smallest absolute Gasteiger partial charge is 0.303 e. The van der Waals surface area contributed by atoms with Crippen LogP contribution in [0.5, 0.6) is 0 Å². The zero-order chi connectivity index (χ0) is 11.4. The Morgan fingerprint density at radius 2 is 2.12 bits per heavy atom. The van der Waals surface area contributed by atoms with Crippen LogP contribution in [0, 0.1) is 0 Å². The van der Waals surface area contributed by atoms with Crippen LogP contribution in [0.15, 0.2) is 29.6 Å². The van der Waals surface area contributed by atoms with Crippen LogP contribution in [0.4, 0.5) is 0 Å². The molecule has 0 atom stereocenters. The van der Waals surface area contributed by atoms with Gasteiger partial charge in [0.1, 0.15) is 0 Å². The monoisotopic (exact) mass is 252 g/mol. The molecule has 0 aliphatic heterocycles. The molecule has 4 heteroatoms. The molecule has 0 bridgehead atoms. The second kappa shape index (κ2) is 5.27. The predicted octanol–water partition coefficient (Wildman–Crippen LogP) is 3.88. The number of aliphatic carboxylic acids is 1. The molecule has 0 saturated carbocycles. The summed E-state index contributed by atoms with van der Waals surface area (Å²) in [6, 6.07) is 8.37. The van der Waals surface area contributed by atoms with Gasteiger partial charge in [-0.25, -0.2) is 0 Å². The zero-order valence-electron chi connectivity index (χ0n) is 8.68. The molecule has 2 aromatic heterocycles. The highest BCUT2D eigenvalue weighted by atomic mass is 32.1. The van der Waals surface area contributed by atoms with E-state index in [-0.39, 0.29) is 6.42 Å². The van der Waals surface area contributed by atoms with Crippen molar-refractivity contribution in [2.24, 2.45) is 0 Å². The summed E-state index contributed by atoms with van der Waals surface area (Å²) >= 11 is 3.49. The average molecular weight is 252 g/mol. The molecule has 0 amide bonds. The van der Waals surface area contributed by atoms with Crippen LogP contribution in [-0.2, 0) is 11.2 Å². The van der Waals surface area contributed by atoms with Crippen molar-refractivity contribution in [1.29, 1.82) is 0 Å². The maximum Gasteiger partial charge on any atom is 0.303 e. The Bertz CT molecular complexity index is 457. The lowest BCUT2D eigenvalue weighted by molar-refractivity contribution is -0.137. The lowest BCUT2D eigenvalue weighted by Gasteiger charge is -1.94. The molecule has 2 rings (SSSR count). The molecule has 2 aromatic rings. The number of hydrogen-bond donors (Lipinski definition) is 1. The van der Waals surface area contributed by atoms with Crippen LogP contribution >= 0.6 is 22.7 Å². The van der Waals surface area contributed by atoms with E-state index in [9.17, 15) is 4.79 Å². The van der Waals surface area contributed by atoms with Gasteiger partial charge in [-0.15, -0.1) is 22.7 Å². The summed E-state index contributed by atoms with van der Waals surface area (Å²) in [7, 11) is 0. The van der Waals surface area contributed by atoms with Gasteiger partial charge in [-0.3, -0.25) is 4.79 Å². The summed E-state index contributed by atoms with van der Waals surface area (Å²) in [5.74, 6) is -0.713. The van der Waals surface area contributed by atoms with Crippen LogP contribution in [-0.4, -0.2) is 11.1 Å². The standard InChI is InChI=1S/C12H12O2S2/c13-12(14)5-1-3-9-6-7-11(16-9)10-4-2-8-15-10/h2,4,6-8H,1,3,5H2,(H,13,14). The summed E-state index contributed by atoms with van der Waals surface area (Å²) < 4.78 is 0. The van der Waals surface area contributed by atoms with Gasteiger partial charge in [0.25, 0.3) is 0 Å². The van der Waals surface area contributed by atoms with Crippen molar-refractivity contribution in [3.63, 3.8) is 0 Å². The molecule has 1 N–H and O–H groups in total. The third-order valence-electron chi connectivity index (χ3n) is 2.24. The van der Waals surface area contributed by atoms with Gasteiger partial charge in [0.05, 0.1) is 0 Å². The second-order valence-electron chi connectivity index (χ2n) is 3.49. The number of aryl methyl sites for hydroxylation is 1. The molecule has 0 unspecified atom stereocenters. The third kappa shape index (κ3) is 2.93. The van der Waals surface area contributed by atoms with Crippen molar-refractivity contribution in [2.45, 2.75) is 19.3 Å². The number of carboxylic acid groups (broad SMARTS) is 1. The van der Waals surface area contributed by atoms with Crippen LogP contribution in [0.1, 0.15) is 17.7 Å². The van der Waals surface area contributed by atoms with Crippen molar-refractivity contribution >= 4 is 28.6 Å². The highest BCUT2D eigenvalue weighted by Gasteiger charge is 2.04. The van der Waals surface area contributed by atoms with E-state index >= 15 is 0 Å². The Morgan fingerprint density at radius 3 is 2.81 bits per heavy atom. The van der Waals surface area contributed by atoms with Crippen LogP contribution in [0.3, 0.4) is 0 Å². The second-order valence-corrected chi connectivity index (χ2v) is 5.61. The first-order chi connectivity index (χ1) is 7.75. The minimum atomic E-state index is -0.713. The summed E-state index contributed by atoms with van der Waals surface area (Å²) in [6.45, 7) is 0.